The summed E-state index contributed by atoms with van der Waals surface area (Å²) in [5.41, 5.74) is 7.91. The van der Waals surface area contributed by atoms with Crippen molar-refractivity contribution in [3.05, 3.63) is 192 Å². The Morgan fingerprint density at radius 2 is 1.04 bits per heavy atom. The largest absolute Gasteiger partial charge is 0.326 e. The number of aromatic nitrogens is 2. The molecule has 2 nitrogen and oxygen atoms in total. The molecule has 5 aromatic carbocycles. The monoisotopic (exact) mass is 658 g/mol. The fourth-order valence-corrected chi connectivity index (χ4v) is 9.05. The second-order valence-electron chi connectivity index (χ2n) is 13.1. The number of hydrogen-bond donors (Lipinski definition) is 0. The first-order chi connectivity index (χ1) is 24.1. The molecule has 0 aliphatic heterocycles. The topological polar surface area (TPSA) is 17.8 Å². The number of benzene rings is 5. The third-order valence-corrected chi connectivity index (χ3v) is 12.1. The Labute approximate surface area is 298 Å². The van der Waals surface area contributed by atoms with Gasteiger partial charge in [-0.3, -0.25) is 0 Å². The smallest absolute Gasteiger partial charge is 0.0965 e. The predicted octanol–water partition coefficient (Wildman–Crippen LogP) is 9.54. The van der Waals surface area contributed by atoms with E-state index < -0.39 is 9.52 Å². The van der Waals surface area contributed by atoms with Crippen LogP contribution in [0.1, 0.15) is 91.6 Å². The molecule has 1 aromatic heterocycles. The summed E-state index contributed by atoms with van der Waals surface area (Å²) < 4.78 is 2.37. The van der Waals surface area contributed by atoms with Crippen LogP contribution >= 0.6 is 0 Å². The second kappa shape index (κ2) is 19.0. The van der Waals surface area contributed by atoms with Gasteiger partial charge in [0, 0.05) is 12.4 Å². The van der Waals surface area contributed by atoms with Gasteiger partial charge in [-0.15, -0.1) is 0 Å². The van der Waals surface area contributed by atoms with E-state index in [1.54, 1.807) is 0 Å². The molecule has 0 saturated carbocycles. The summed E-state index contributed by atoms with van der Waals surface area (Å²) in [6.07, 6.45) is 16.1. The summed E-state index contributed by atoms with van der Waals surface area (Å²) >= 11 is 0. The zero-order valence-corrected chi connectivity index (χ0v) is 30.8. The molecular formula is C45H51BN2Si. The molecule has 0 atom stereocenters. The summed E-state index contributed by atoms with van der Waals surface area (Å²) in [4.78, 5) is 4.50. The fourth-order valence-electron chi connectivity index (χ4n) is 6.70. The van der Waals surface area contributed by atoms with E-state index in [2.05, 4.69) is 133 Å². The van der Waals surface area contributed by atoms with Gasteiger partial charge in [0.25, 0.3) is 0 Å². The van der Waals surface area contributed by atoms with E-state index >= 15 is 0 Å². The van der Waals surface area contributed by atoms with E-state index in [1.807, 2.05) is 48.9 Å². The van der Waals surface area contributed by atoms with Gasteiger partial charge in [-0.1, -0.05) is 184 Å². The van der Waals surface area contributed by atoms with E-state index in [4.69, 9.17) is 7.85 Å². The molecule has 0 unspecified atom stereocenters. The minimum absolute atomic E-state index is 0.0163. The Hall–Kier alpha value is -4.41. The van der Waals surface area contributed by atoms with Gasteiger partial charge in [0.1, 0.15) is 0 Å². The van der Waals surface area contributed by atoms with Gasteiger partial charge >= 0.3 is 0 Å². The second-order valence-corrected chi connectivity index (χ2v) is 15.3. The summed E-state index contributed by atoms with van der Waals surface area (Å²) in [6, 6.07) is 50.3. The first kappa shape index (κ1) is 35.9. The molecule has 0 saturated heterocycles. The quantitative estimate of drug-likeness (QED) is 0.0794. The van der Waals surface area contributed by atoms with Crippen LogP contribution in [-0.2, 0) is 18.0 Å². The van der Waals surface area contributed by atoms with Crippen LogP contribution in [0.25, 0.3) is 0 Å². The molecular weight excluding hydrogens is 607 g/mol. The van der Waals surface area contributed by atoms with Crippen LogP contribution in [0.15, 0.2) is 158 Å². The summed E-state index contributed by atoms with van der Waals surface area (Å²) in [5.74, 6) is -0.0163. The normalized spacial score (nSPS) is 11.5. The van der Waals surface area contributed by atoms with Gasteiger partial charge < -0.3 is 4.57 Å². The highest BCUT2D eigenvalue weighted by Gasteiger charge is 2.36. The molecule has 4 heteroatoms. The van der Waals surface area contributed by atoms with Gasteiger partial charge in [-0.2, -0.15) is 0 Å². The highest BCUT2D eigenvalue weighted by molar-refractivity contribution is 6.57. The van der Waals surface area contributed by atoms with Crippen molar-refractivity contribution >= 4 is 22.6 Å². The lowest BCUT2D eigenvalue weighted by Gasteiger charge is -2.37. The Bertz CT molecular complexity index is 1640. The highest BCUT2D eigenvalue weighted by atomic mass is 28.2. The van der Waals surface area contributed by atoms with Crippen LogP contribution in [0.2, 0.25) is 0 Å². The Kier molecular flexibility index (Phi) is 13.9. The van der Waals surface area contributed by atoms with Crippen molar-refractivity contribution in [1.82, 2.24) is 9.55 Å². The zero-order chi connectivity index (χ0) is 34.2. The summed E-state index contributed by atoms with van der Waals surface area (Å²) in [5, 5.41) is 1.24. The number of rotatable bonds is 15. The van der Waals surface area contributed by atoms with E-state index in [0.29, 0.717) is 0 Å². The predicted molar refractivity (Wildman–Crippen MR) is 213 cm³/mol. The molecule has 2 radical (unpaired) electrons. The van der Waals surface area contributed by atoms with Crippen molar-refractivity contribution in [1.29, 1.82) is 0 Å². The van der Waals surface area contributed by atoms with Gasteiger partial charge in [0.05, 0.1) is 28.9 Å². The minimum atomic E-state index is -0.811. The number of nitrogens with zero attached hydrogens (tertiary/aromatic N) is 2. The lowest BCUT2D eigenvalue weighted by atomic mass is 9.76. The van der Waals surface area contributed by atoms with E-state index in [0.717, 1.165) is 24.0 Å². The number of imidazole rings is 1. The van der Waals surface area contributed by atoms with Crippen LogP contribution in [-0.4, -0.2) is 26.9 Å². The molecule has 0 N–H and O–H groups in total. The maximum Gasteiger partial charge on any atom is 0.0965 e. The lowest BCUT2D eigenvalue weighted by Crippen LogP contribution is -2.46. The standard InChI is InChI=1S/C32H40N2Si.C13H11B/c1-3-5-8-12-27-16-20-29(21-17-27)32(34-25-24-33-26-34,35-31-14-10-7-11-15-31)30-22-18-28(19-23-30)13-9-6-4-2;14-13(11-7-3-1-4-8-11)12-9-5-2-6-10-12/h7,10-11,14-26H,3-6,8-9,12-13,35H2,1-2H3;1-10,13H. The molecule has 0 spiro atoms. The van der Waals surface area contributed by atoms with E-state index in [9.17, 15) is 0 Å². The van der Waals surface area contributed by atoms with Crippen molar-refractivity contribution in [2.24, 2.45) is 0 Å². The minimum Gasteiger partial charge on any atom is -0.326 e. The van der Waals surface area contributed by atoms with Crippen LogP contribution in [0, 0.1) is 0 Å². The molecule has 0 aliphatic rings. The van der Waals surface area contributed by atoms with E-state index in [1.165, 1.54) is 66.0 Å². The van der Waals surface area contributed by atoms with Crippen LogP contribution < -0.4 is 5.19 Å². The summed E-state index contributed by atoms with van der Waals surface area (Å²) in [6.45, 7) is 4.54. The van der Waals surface area contributed by atoms with Crippen LogP contribution in [0.4, 0.5) is 0 Å². The average Bonchev–Trinajstić information content (AvgIpc) is 3.72. The molecule has 0 amide bonds. The zero-order valence-electron chi connectivity index (χ0n) is 29.4. The third kappa shape index (κ3) is 9.83. The van der Waals surface area contributed by atoms with Crippen molar-refractivity contribution < 1.29 is 0 Å². The van der Waals surface area contributed by atoms with Crippen LogP contribution in [0.5, 0.6) is 0 Å². The third-order valence-electron chi connectivity index (χ3n) is 9.57. The van der Waals surface area contributed by atoms with Crippen molar-refractivity contribution in [3.63, 3.8) is 0 Å². The van der Waals surface area contributed by atoms with Gasteiger partial charge in [-0.25, -0.2) is 4.98 Å². The first-order valence-electron chi connectivity index (χ1n) is 18.2. The van der Waals surface area contributed by atoms with Gasteiger partial charge in [0.15, 0.2) is 0 Å². The van der Waals surface area contributed by atoms with Gasteiger partial charge in [-0.05, 0) is 64.9 Å². The van der Waals surface area contributed by atoms with Crippen molar-refractivity contribution in [2.45, 2.75) is 76.2 Å². The molecule has 0 fully saturated rings. The molecule has 1 heterocycles. The maximum atomic E-state index is 6.12. The summed E-state index contributed by atoms with van der Waals surface area (Å²) in [7, 11) is 5.31. The Balaban J connectivity index is 0.000000278. The van der Waals surface area contributed by atoms with Gasteiger partial charge in [0.2, 0.25) is 0 Å². The molecule has 6 rings (SSSR count). The molecule has 0 aliphatic carbocycles. The van der Waals surface area contributed by atoms with Crippen molar-refractivity contribution in [3.8, 4) is 0 Å². The maximum absolute atomic E-state index is 6.12. The molecule has 6 aromatic rings. The first-order valence-corrected chi connectivity index (χ1v) is 19.6. The molecule has 248 valence electrons. The Morgan fingerprint density at radius 3 is 1.45 bits per heavy atom. The number of unbranched alkanes of at least 4 members (excludes halogenated alkanes) is 4. The van der Waals surface area contributed by atoms with E-state index in [-0.39, 0.29) is 11.0 Å². The SMILES string of the molecule is CCCCCc1ccc(C([SiH2]c2ccccc2)(c2ccc(CCCCC)cc2)n2ccnc2)cc1.[B]C(c1ccccc1)c1ccccc1. The van der Waals surface area contributed by atoms with Crippen molar-refractivity contribution in [2.75, 3.05) is 0 Å². The molecule has 49 heavy (non-hydrogen) atoms. The molecule has 0 bridgehead atoms. The highest BCUT2D eigenvalue weighted by Crippen LogP contribution is 2.34. The van der Waals surface area contributed by atoms with Crippen LogP contribution in [0.3, 0.4) is 0 Å². The lowest BCUT2D eigenvalue weighted by molar-refractivity contribution is 0.595. The average molecular weight is 659 g/mol. The fraction of sp³-hybridized carbons (Fsp3) is 0.267. The Morgan fingerprint density at radius 1 is 0.592 bits per heavy atom. The number of hydrogen-bond acceptors (Lipinski definition) is 1. The number of aryl methyl sites for hydroxylation is 2.